The summed E-state index contributed by atoms with van der Waals surface area (Å²) < 4.78 is 5.21. The molecule has 0 aliphatic carbocycles. The Morgan fingerprint density at radius 3 is 2.46 bits per heavy atom. The van der Waals surface area contributed by atoms with Crippen LogP contribution in [-0.2, 0) is 17.9 Å². The van der Waals surface area contributed by atoms with Crippen LogP contribution in [0.5, 0.6) is 5.75 Å². The van der Waals surface area contributed by atoms with E-state index in [-0.39, 0.29) is 5.91 Å². The van der Waals surface area contributed by atoms with Crippen molar-refractivity contribution in [2.75, 3.05) is 7.11 Å². The van der Waals surface area contributed by atoms with E-state index in [0.717, 1.165) is 33.3 Å². The number of methoxy groups -OCH3 is 1. The summed E-state index contributed by atoms with van der Waals surface area (Å²) >= 11 is 6.48. The zero-order valence-corrected chi connectivity index (χ0v) is 17.5. The molecule has 0 atom stereocenters. The lowest BCUT2D eigenvalue weighted by atomic mass is 10.0. The average molecular weight is 397 g/mol. The maximum atomic E-state index is 12.6. The van der Waals surface area contributed by atoms with E-state index in [9.17, 15) is 4.79 Å². The predicted octanol–water partition coefficient (Wildman–Crippen LogP) is 5.45. The fourth-order valence-corrected chi connectivity index (χ4v) is 3.60. The molecule has 0 saturated carbocycles. The van der Waals surface area contributed by atoms with Gasteiger partial charge in [-0.05, 0) is 49.2 Å². The van der Waals surface area contributed by atoms with Gasteiger partial charge in [-0.1, -0.05) is 42.3 Å². The Hall–Kier alpha value is -2.59. The van der Waals surface area contributed by atoms with Gasteiger partial charge in [-0.15, -0.1) is 0 Å². The van der Waals surface area contributed by atoms with E-state index in [1.54, 1.807) is 7.11 Å². The molecule has 3 aromatic rings. The smallest absolute Gasteiger partial charge is 0.222 e. The third kappa shape index (κ3) is 4.45. The van der Waals surface area contributed by atoms with Crippen LogP contribution in [-0.4, -0.2) is 22.9 Å². The zero-order valence-electron chi connectivity index (χ0n) is 16.8. The van der Waals surface area contributed by atoms with Crippen molar-refractivity contribution in [1.29, 1.82) is 0 Å². The van der Waals surface area contributed by atoms with E-state index < -0.39 is 0 Å². The molecule has 0 unspecified atom stereocenters. The Morgan fingerprint density at radius 2 is 1.82 bits per heavy atom. The fourth-order valence-electron chi connectivity index (χ4n) is 3.40. The van der Waals surface area contributed by atoms with Crippen molar-refractivity contribution in [1.82, 2.24) is 9.88 Å². The number of aromatic nitrogens is 1. The number of amides is 1. The molecule has 0 saturated heterocycles. The van der Waals surface area contributed by atoms with E-state index in [1.165, 1.54) is 5.56 Å². The molecule has 146 valence electrons. The van der Waals surface area contributed by atoms with Crippen LogP contribution in [0.15, 0.2) is 42.5 Å². The lowest BCUT2D eigenvalue weighted by Crippen LogP contribution is -2.29. The van der Waals surface area contributed by atoms with Crippen LogP contribution in [0.1, 0.15) is 35.6 Å². The highest BCUT2D eigenvalue weighted by Gasteiger charge is 2.16. The quantitative estimate of drug-likeness (QED) is 0.520. The van der Waals surface area contributed by atoms with Crippen LogP contribution in [0.25, 0.3) is 10.9 Å². The van der Waals surface area contributed by atoms with Gasteiger partial charge in [0.2, 0.25) is 5.91 Å². The minimum atomic E-state index is 0.0763. The summed E-state index contributed by atoms with van der Waals surface area (Å²) in [7, 11) is 1.64. The molecule has 5 heteroatoms. The van der Waals surface area contributed by atoms with Gasteiger partial charge in [-0.3, -0.25) is 4.79 Å². The molecule has 0 bridgehead atoms. The fraction of sp³-hybridized carbons (Fsp3) is 0.304. The summed E-state index contributed by atoms with van der Waals surface area (Å²) in [5.41, 5.74) is 5.08. The number of fused-ring (bicyclic) bond motifs is 1. The first-order valence-electron chi connectivity index (χ1n) is 9.38. The highest BCUT2D eigenvalue weighted by molar-refractivity contribution is 6.30. The van der Waals surface area contributed by atoms with E-state index in [0.29, 0.717) is 24.7 Å². The average Bonchev–Trinajstić information content (AvgIpc) is 2.68. The van der Waals surface area contributed by atoms with Gasteiger partial charge in [0.15, 0.2) is 0 Å². The van der Waals surface area contributed by atoms with Crippen LogP contribution < -0.4 is 4.74 Å². The highest BCUT2D eigenvalue weighted by Crippen LogP contribution is 2.26. The molecule has 0 N–H and O–H groups in total. The maximum absolute atomic E-state index is 12.6. The van der Waals surface area contributed by atoms with Gasteiger partial charge >= 0.3 is 0 Å². The molecule has 0 fully saturated rings. The second kappa shape index (κ2) is 8.61. The first-order chi connectivity index (χ1) is 13.4. The largest absolute Gasteiger partial charge is 0.497 e. The van der Waals surface area contributed by atoms with Crippen LogP contribution in [0, 0.1) is 13.8 Å². The highest BCUT2D eigenvalue weighted by atomic mass is 35.5. The number of hydrogen-bond acceptors (Lipinski definition) is 3. The Morgan fingerprint density at radius 1 is 1.11 bits per heavy atom. The Bertz CT molecular complexity index is 1000. The second-order valence-corrected chi connectivity index (χ2v) is 7.40. The first kappa shape index (κ1) is 20.2. The van der Waals surface area contributed by atoms with Crippen LogP contribution in [0.2, 0.25) is 5.15 Å². The molecule has 2 aromatic carbocycles. The Kier molecular flexibility index (Phi) is 6.20. The second-order valence-electron chi connectivity index (χ2n) is 7.04. The van der Waals surface area contributed by atoms with Gasteiger partial charge in [-0.25, -0.2) is 4.98 Å². The topological polar surface area (TPSA) is 42.4 Å². The van der Waals surface area contributed by atoms with Crippen LogP contribution >= 0.6 is 11.6 Å². The van der Waals surface area contributed by atoms with Gasteiger partial charge in [0, 0.05) is 30.5 Å². The van der Waals surface area contributed by atoms with Crippen molar-refractivity contribution in [2.24, 2.45) is 0 Å². The molecule has 28 heavy (non-hydrogen) atoms. The molecule has 0 radical (unpaired) electrons. The van der Waals surface area contributed by atoms with Crippen molar-refractivity contribution in [3.8, 4) is 5.75 Å². The summed E-state index contributed by atoms with van der Waals surface area (Å²) in [5.74, 6) is 0.872. The predicted molar refractivity (Wildman–Crippen MR) is 114 cm³/mol. The molecule has 1 amide bonds. The van der Waals surface area contributed by atoms with E-state index in [2.05, 4.69) is 30.1 Å². The molecule has 1 heterocycles. The minimum Gasteiger partial charge on any atom is -0.497 e. The van der Waals surface area contributed by atoms with Crippen molar-refractivity contribution >= 4 is 28.4 Å². The van der Waals surface area contributed by atoms with Crippen molar-refractivity contribution in [2.45, 2.75) is 40.3 Å². The van der Waals surface area contributed by atoms with Crippen molar-refractivity contribution in [3.05, 3.63) is 69.9 Å². The van der Waals surface area contributed by atoms with Gasteiger partial charge in [0.25, 0.3) is 0 Å². The summed E-state index contributed by atoms with van der Waals surface area (Å²) in [4.78, 5) is 19.0. The molecular formula is C23H25ClN2O2. The SMILES string of the molecule is CCC(=O)N(Cc1ccc(OC)cc1)Cc1cc2cc(C)cc(C)c2nc1Cl. The summed E-state index contributed by atoms with van der Waals surface area (Å²) in [6.07, 6.45) is 0.437. The maximum Gasteiger partial charge on any atom is 0.222 e. The molecule has 3 rings (SSSR count). The number of carbonyl (C=O) groups excluding carboxylic acids is 1. The van der Waals surface area contributed by atoms with Gasteiger partial charge in [0.05, 0.1) is 12.6 Å². The van der Waals surface area contributed by atoms with Crippen LogP contribution in [0.3, 0.4) is 0 Å². The standard InChI is InChI=1S/C23H25ClN2O2/c1-5-21(27)26(13-17-6-8-20(28-4)9-7-17)14-19-12-18-11-15(2)10-16(3)22(18)25-23(19)24/h6-12H,5,13-14H2,1-4H3. The number of aryl methyl sites for hydroxylation is 2. The summed E-state index contributed by atoms with van der Waals surface area (Å²) in [6, 6.07) is 14.0. The first-order valence-corrected chi connectivity index (χ1v) is 9.76. The number of ether oxygens (including phenoxy) is 1. The third-order valence-electron chi connectivity index (χ3n) is 4.83. The molecule has 0 aliphatic rings. The summed E-state index contributed by atoms with van der Waals surface area (Å²) in [6.45, 7) is 6.91. The molecule has 0 aliphatic heterocycles. The van der Waals surface area contributed by atoms with E-state index >= 15 is 0 Å². The van der Waals surface area contributed by atoms with Gasteiger partial charge in [0.1, 0.15) is 10.9 Å². The lowest BCUT2D eigenvalue weighted by Gasteiger charge is -2.23. The third-order valence-corrected chi connectivity index (χ3v) is 5.16. The number of carbonyl (C=O) groups is 1. The molecule has 4 nitrogen and oxygen atoms in total. The number of benzene rings is 2. The molecular weight excluding hydrogens is 372 g/mol. The number of halogens is 1. The monoisotopic (exact) mass is 396 g/mol. The van der Waals surface area contributed by atoms with Crippen molar-refractivity contribution in [3.63, 3.8) is 0 Å². The number of pyridine rings is 1. The van der Waals surface area contributed by atoms with E-state index in [1.807, 2.05) is 43.0 Å². The van der Waals surface area contributed by atoms with Gasteiger partial charge < -0.3 is 9.64 Å². The van der Waals surface area contributed by atoms with Gasteiger partial charge in [-0.2, -0.15) is 0 Å². The summed E-state index contributed by atoms with van der Waals surface area (Å²) in [5, 5.41) is 1.49. The lowest BCUT2D eigenvalue weighted by molar-refractivity contribution is -0.132. The zero-order chi connectivity index (χ0) is 20.3. The van der Waals surface area contributed by atoms with E-state index in [4.69, 9.17) is 16.3 Å². The molecule has 0 spiro atoms. The Labute approximate surface area is 171 Å². The van der Waals surface area contributed by atoms with Crippen molar-refractivity contribution < 1.29 is 9.53 Å². The Balaban J connectivity index is 1.91. The number of rotatable bonds is 6. The normalized spacial score (nSPS) is 10.9. The van der Waals surface area contributed by atoms with Crippen LogP contribution in [0.4, 0.5) is 0 Å². The molecule has 1 aromatic heterocycles. The number of hydrogen-bond donors (Lipinski definition) is 0. The minimum absolute atomic E-state index is 0.0763. The number of nitrogens with zero attached hydrogens (tertiary/aromatic N) is 2.